The second kappa shape index (κ2) is 37.4. The number of piperidine rings is 2. The molecule has 2 aliphatic heterocycles. The summed E-state index contributed by atoms with van der Waals surface area (Å²) in [5, 5.41) is 0. The molecular formula is C41H71N2O3Y3-3. The van der Waals surface area contributed by atoms with Gasteiger partial charge in [-0.1, -0.05) is 129 Å². The standard InChI is InChI=1S/C14H24NO2.C14H25.C13H22NO.3Y/c1-3-13(2)8-7-9-14(16)17-12-15-10-5-4-6-11-15;1-3-13(2)9-7-8-12-14-10-5-4-6-11-14;1-3-12(2)8-7-9-13(15)14-10-5-4-6-11-14;;;/h7-9,13H,3-6,10-12H2,1-2H3;7-9,13-14H,3-6,10-12H2,1-2H3;7-9,12H,3-6,10-11H2,1-2H3;;;/q3*-1;;;/b9-7+;8-7+;9-7+;;;. The Morgan fingerprint density at radius 2 is 1.10 bits per heavy atom. The van der Waals surface area contributed by atoms with E-state index in [1.807, 2.05) is 17.4 Å². The van der Waals surface area contributed by atoms with Crippen molar-refractivity contribution in [3.05, 3.63) is 55.7 Å². The largest absolute Gasteiger partial charge is 0.460 e. The van der Waals surface area contributed by atoms with E-state index in [2.05, 4.69) is 71.4 Å². The van der Waals surface area contributed by atoms with Crippen LogP contribution in [0.2, 0.25) is 0 Å². The zero-order valence-electron chi connectivity index (χ0n) is 32.5. The third kappa shape index (κ3) is 31.1. The van der Waals surface area contributed by atoms with E-state index in [0.29, 0.717) is 18.6 Å². The fraction of sp³-hybridized carbons (Fsp3) is 0.732. The average molecular weight is 907 g/mol. The first-order chi connectivity index (χ1) is 22.3. The summed E-state index contributed by atoms with van der Waals surface area (Å²) < 4.78 is 5.18. The van der Waals surface area contributed by atoms with Gasteiger partial charge in [0.25, 0.3) is 0 Å². The smallest absolute Gasteiger partial charge is 0.248 e. The Morgan fingerprint density at radius 3 is 1.61 bits per heavy atom. The predicted molar refractivity (Wildman–Crippen MR) is 197 cm³/mol. The van der Waals surface area contributed by atoms with Crippen LogP contribution in [0, 0.1) is 42.9 Å². The molecule has 8 heteroatoms. The molecule has 1 saturated carbocycles. The Balaban J connectivity index is -0.000000631. The van der Waals surface area contributed by atoms with E-state index >= 15 is 0 Å². The molecule has 3 radical (unpaired) electrons. The van der Waals surface area contributed by atoms with Gasteiger partial charge in [-0.3, -0.25) is 14.5 Å². The van der Waals surface area contributed by atoms with E-state index in [9.17, 15) is 9.59 Å². The topological polar surface area (TPSA) is 49.9 Å². The third-order valence-electron chi connectivity index (χ3n) is 9.56. The molecule has 49 heavy (non-hydrogen) atoms. The fourth-order valence-electron chi connectivity index (χ4n) is 5.53. The van der Waals surface area contributed by atoms with Gasteiger partial charge < -0.3 is 9.64 Å². The number of allylic oxidation sites excluding steroid dienone is 4. The maximum Gasteiger partial charge on any atom is 0.248 e. The maximum absolute atomic E-state index is 11.7. The van der Waals surface area contributed by atoms with Crippen LogP contribution in [0.4, 0.5) is 0 Å². The third-order valence-corrected chi connectivity index (χ3v) is 9.56. The molecule has 5 nitrogen and oxygen atoms in total. The zero-order valence-corrected chi connectivity index (χ0v) is 41.0. The van der Waals surface area contributed by atoms with Gasteiger partial charge in [0.05, 0.1) is 0 Å². The molecule has 275 valence electrons. The zero-order chi connectivity index (χ0) is 33.8. The fourth-order valence-corrected chi connectivity index (χ4v) is 5.53. The van der Waals surface area contributed by atoms with Crippen molar-refractivity contribution in [1.82, 2.24) is 9.80 Å². The summed E-state index contributed by atoms with van der Waals surface area (Å²) in [6.45, 7) is 17.5. The monoisotopic (exact) mass is 906 g/mol. The molecule has 2 saturated heterocycles. The summed E-state index contributed by atoms with van der Waals surface area (Å²) in [5.41, 5.74) is 0. The van der Waals surface area contributed by atoms with Gasteiger partial charge in [-0.25, -0.2) is 43.6 Å². The normalized spacial score (nSPS) is 18.6. The molecule has 1 amide bonds. The van der Waals surface area contributed by atoms with Gasteiger partial charge in [-0.15, -0.1) is 12.2 Å². The SMILES string of the molecule is CCC(C)[CH-]/C=C/C(=O)N1CCCCC1.CCC(C)[CH-]/C=C/C(=O)OCN1CCCCC1.CCC(C)[CH-]/C=C/CC1CCCCC1.[Y].[Y].[Y]. The summed E-state index contributed by atoms with van der Waals surface area (Å²) in [6, 6.07) is 0. The first kappa shape index (κ1) is 54.4. The first-order valence-electron chi connectivity index (χ1n) is 19.0. The van der Waals surface area contributed by atoms with Gasteiger partial charge in [0, 0.05) is 124 Å². The predicted octanol–water partition coefficient (Wildman–Crippen LogP) is 10.3. The molecule has 0 N–H and O–H groups in total. The van der Waals surface area contributed by atoms with Gasteiger partial charge in [-0.05, 0) is 32.1 Å². The van der Waals surface area contributed by atoms with E-state index in [-0.39, 0.29) is 110 Å². The molecule has 0 aromatic carbocycles. The quantitative estimate of drug-likeness (QED) is 0.0934. The molecule has 0 aromatic heterocycles. The summed E-state index contributed by atoms with van der Waals surface area (Å²) in [6.07, 6.45) is 37.5. The summed E-state index contributed by atoms with van der Waals surface area (Å²) in [7, 11) is 0. The second-order valence-electron chi connectivity index (χ2n) is 13.8. The van der Waals surface area contributed by atoms with E-state index in [4.69, 9.17) is 4.74 Å². The summed E-state index contributed by atoms with van der Waals surface area (Å²) in [5.74, 6) is 2.75. The second-order valence-corrected chi connectivity index (χ2v) is 13.8. The van der Waals surface area contributed by atoms with Crippen molar-refractivity contribution in [2.45, 2.75) is 138 Å². The van der Waals surface area contributed by atoms with Crippen LogP contribution in [-0.2, 0) is 112 Å². The van der Waals surface area contributed by atoms with E-state index in [1.54, 1.807) is 12.2 Å². The Bertz CT molecular complexity index is 849. The van der Waals surface area contributed by atoms with Crippen molar-refractivity contribution >= 4 is 11.9 Å². The van der Waals surface area contributed by atoms with E-state index in [0.717, 1.165) is 63.7 Å². The van der Waals surface area contributed by atoms with Gasteiger partial charge in [0.15, 0.2) is 5.91 Å². The molecule has 0 bridgehead atoms. The Hall–Kier alpha value is 1.04. The van der Waals surface area contributed by atoms with Crippen LogP contribution in [0.5, 0.6) is 0 Å². The van der Waals surface area contributed by atoms with Crippen molar-refractivity contribution in [3.63, 3.8) is 0 Å². The minimum absolute atomic E-state index is 0. The number of hydrogen-bond donors (Lipinski definition) is 0. The van der Waals surface area contributed by atoms with Crippen LogP contribution in [0.15, 0.2) is 36.5 Å². The van der Waals surface area contributed by atoms with Gasteiger partial charge in [0.2, 0.25) is 5.97 Å². The number of likely N-dealkylation sites (tertiary alicyclic amines) is 2. The molecule has 3 atom stereocenters. The van der Waals surface area contributed by atoms with Gasteiger partial charge in [-0.2, -0.15) is 0 Å². The van der Waals surface area contributed by atoms with Crippen LogP contribution in [0.3, 0.4) is 0 Å². The molecule has 1 aliphatic carbocycles. The summed E-state index contributed by atoms with van der Waals surface area (Å²) in [4.78, 5) is 27.2. The number of nitrogens with zero attached hydrogens (tertiary/aromatic N) is 2. The Labute approximate surface area is 379 Å². The van der Waals surface area contributed by atoms with E-state index < -0.39 is 0 Å². The first-order valence-corrected chi connectivity index (χ1v) is 19.0. The molecule has 3 rings (SSSR count). The Kier molecular flexibility index (Phi) is 41.5. The average Bonchev–Trinajstić information content (AvgIpc) is 3.10. The number of ether oxygens (including phenoxy) is 1. The van der Waals surface area contributed by atoms with Gasteiger partial charge in [0.1, 0.15) is 6.73 Å². The number of amides is 1. The maximum atomic E-state index is 11.7. The number of esters is 1. The van der Waals surface area contributed by atoms with Crippen molar-refractivity contribution in [3.8, 4) is 0 Å². The van der Waals surface area contributed by atoms with Crippen molar-refractivity contribution in [2.24, 2.45) is 23.7 Å². The van der Waals surface area contributed by atoms with Crippen molar-refractivity contribution < 1.29 is 112 Å². The van der Waals surface area contributed by atoms with Crippen LogP contribution in [0.1, 0.15) is 138 Å². The van der Waals surface area contributed by atoms with Crippen LogP contribution >= 0.6 is 0 Å². The van der Waals surface area contributed by atoms with Crippen molar-refractivity contribution in [1.29, 1.82) is 0 Å². The minimum atomic E-state index is -0.241. The number of carbonyl (C=O) groups is 2. The molecule has 0 spiro atoms. The number of rotatable bonds is 15. The van der Waals surface area contributed by atoms with Crippen molar-refractivity contribution in [2.75, 3.05) is 32.9 Å². The molecule has 3 unspecified atom stereocenters. The molecule has 0 aromatic rings. The van der Waals surface area contributed by atoms with Crippen LogP contribution < -0.4 is 0 Å². The number of hydrogen-bond acceptors (Lipinski definition) is 4. The van der Waals surface area contributed by atoms with Crippen LogP contribution in [-0.4, -0.2) is 54.6 Å². The molecule has 2 heterocycles. The summed E-state index contributed by atoms with van der Waals surface area (Å²) >= 11 is 0. The molecular weight excluding hydrogens is 835 g/mol. The minimum Gasteiger partial charge on any atom is -0.460 e. The molecule has 3 aliphatic rings. The van der Waals surface area contributed by atoms with Gasteiger partial charge >= 0.3 is 0 Å². The molecule has 3 fully saturated rings. The van der Waals surface area contributed by atoms with Crippen LogP contribution in [0.25, 0.3) is 0 Å². The number of carbonyl (C=O) groups excluding carboxylic acids is 2. The Morgan fingerprint density at radius 1 is 0.653 bits per heavy atom. The van der Waals surface area contributed by atoms with E-state index in [1.165, 1.54) is 76.7 Å².